The van der Waals surface area contributed by atoms with Crippen LogP contribution in [-0.4, -0.2) is 42.3 Å². The van der Waals surface area contributed by atoms with Crippen LogP contribution in [0.2, 0.25) is 0 Å². The Labute approximate surface area is 153 Å². The lowest BCUT2D eigenvalue weighted by molar-refractivity contribution is -0.125. The summed E-state index contributed by atoms with van der Waals surface area (Å²) >= 11 is 0. The number of ether oxygens (including phenoxy) is 1. The van der Waals surface area contributed by atoms with Crippen LogP contribution in [0.4, 0.5) is 6.01 Å². The van der Waals surface area contributed by atoms with Gasteiger partial charge in [-0.3, -0.25) is 4.79 Å². The molecular weight excluding hydrogens is 332 g/mol. The number of carbonyl (C=O) groups is 1. The molecule has 7 nitrogen and oxygen atoms in total. The average Bonchev–Trinajstić information content (AvgIpc) is 3.18. The minimum absolute atomic E-state index is 0.0471. The van der Waals surface area contributed by atoms with Crippen LogP contribution in [0.5, 0.6) is 5.75 Å². The van der Waals surface area contributed by atoms with Crippen molar-refractivity contribution < 1.29 is 14.1 Å². The maximum atomic E-state index is 12.4. The summed E-state index contributed by atoms with van der Waals surface area (Å²) in [5.41, 5.74) is 0.865. The second-order valence-corrected chi connectivity index (χ2v) is 6.73. The highest BCUT2D eigenvalue weighted by atomic mass is 16.5. The van der Waals surface area contributed by atoms with E-state index in [0.29, 0.717) is 18.4 Å². The Morgan fingerprint density at radius 3 is 2.88 bits per heavy atom. The maximum absolute atomic E-state index is 12.4. The fourth-order valence-electron chi connectivity index (χ4n) is 3.03. The Morgan fingerprint density at radius 1 is 1.42 bits per heavy atom. The minimum atomic E-state index is -0.0471. The summed E-state index contributed by atoms with van der Waals surface area (Å²) in [6.07, 6.45) is 2.74. The van der Waals surface area contributed by atoms with Gasteiger partial charge in [0, 0.05) is 24.7 Å². The average molecular weight is 358 g/mol. The highest BCUT2D eigenvalue weighted by molar-refractivity contribution is 5.79. The molecule has 140 valence electrons. The highest BCUT2D eigenvalue weighted by Gasteiger charge is 2.29. The molecule has 0 radical (unpaired) electrons. The monoisotopic (exact) mass is 358 g/mol. The molecule has 1 aromatic carbocycles. The van der Waals surface area contributed by atoms with E-state index in [0.717, 1.165) is 37.1 Å². The molecule has 0 aliphatic carbocycles. The van der Waals surface area contributed by atoms with Crippen LogP contribution in [0.3, 0.4) is 0 Å². The van der Waals surface area contributed by atoms with E-state index < -0.39 is 0 Å². The molecular formula is C19H26N4O3. The van der Waals surface area contributed by atoms with Gasteiger partial charge in [-0.2, -0.15) is 4.98 Å². The van der Waals surface area contributed by atoms with Gasteiger partial charge in [-0.1, -0.05) is 12.1 Å². The third-order valence-corrected chi connectivity index (χ3v) is 4.83. The number of hydrogen-bond acceptors (Lipinski definition) is 6. The molecule has 1 aromatic heterocycles. The van der Waals surface area contributed by atoms with E-state index in [1.165, 1.54) is 0 Å². The Balaban J connectivity index is 1.67. The van der Waals surface area contributed by atoms with Crippen LogP contribution in [0, 0.1) is 5.92 Å². The minimum Gasteiger partial charge on any atom is -0.497 e. The summed E-state index contributed by atoms with van der Waals surface area (Å²) in [5, 5.41) is 7.15. The molecule has 1 N–H and O–H groups in total. The number of carbonyl (C=O) groups excluding carboxylic acids is 1. The van der Waals surface area contributed by atoms with E-state index in [-0.39, 0.29) is 17.9 Å². The van der Waals surface area contributed by atoms with Crippen LogP contribution < -0.4 is 15.0 Å². The van der Waals surface area contributed by atoms with E-state index in [2.05, 4.69) is 22.4 Å². The number of nitrogens with zero attached hydrogens (tertiary/aromatic N) is 3. The number of anilines is 1. The zero-order valence-electron chi connectivity index (χ0n) is 15.6. The van der Waals surface area contributed by atoms with Crippen molar-refractivity contribution in [3.05, 3.63) is 24.3 Å². The normalized spacial score (nSPS) is 18.4. The van der Waals surface area contributed by atoms with E-state index in [9.17, 15) is 4.79 Å². The largest absolute Gasteiger partial charge is 0.497 e. The van der Waals surface area contributed by atoms with Gasteiger partial charge in [-0.05, 0) is 50.5 Å². The first-order valence-electron chi connectivity index (χ1n) is 9.14. The van der Waals surface area contributed by atoms with E-state index in [1.54, 1.807) is 7.11 Å². The van der Waals surface area contributed by atoms with Gasteiger partial charge in [-0.25, -0.2) is 0 Å². The number of methoxy groups -OCH3 is 1. The summed E-state index contributed by atoms with van der Waals surface area (Å²) in [7, 11) is 1.63. The molecule has 0 unspecified atom stereocenters. The van der Waals surface area contributed by atoms with Crippen molar-refractivity contribution in [2.75, 3.05) is 25.1 Å². The SMILES string of the molecule is CC[C@H](C)NC(=O)[C@@H]1CCCN(c2nc(-c3ccc(OC)cc3)no2)C1. The van der Waals surface area contributed by atoms with Gasteiger partial charge in [0.1, 0.15) is 5.75 Å². The molecule has 26 heavy (non-hydrogen) atoms. The van der Waals surface area contributed by atoms with Gasteiger partial charge in [0.2, 0.25) is 11.7 Å². The number of nitrogens with one attached hydrogen (secondary N) is 1. The van der Waals surface area contributed by atoms with Gasteiger partial charge < -0.3 is 19.5 Å². The fourth-order valence-corrected chi connectivity index (χ4v) is 3.03. The Kier molecular flexibility index (Phi) is 5.75. The summed E-state index contributed by atoms with van der Waals surface area (Å²) < 4.78 is 10.6. The first kappa shape index (κ1) is 18.2. The lowest BCUT2D eigenvalue weighted by Crippen LogP contribution is -2.45. The molecule has 0 bridgehead atoms. The maximum Gasteiger partial charge on any atom is 0.324 e. The van der Waals surface area contributed by atoms with Crippen LogP contribution >= 0.6 is 0 Å². The van der Waals surface area contributed by atoms with Crippen molar-refractivity contribution in [2.24, 2.45) is 5.92 Å². The predicted octanol–water partition coefficient (Wildman–Crippen LogP) is 2.88. The molecule has 0 saturated carbocycles. The lowest BCUT2D eigenvalue weighted by atomic mass is 9.97. The molecule has 1 fully saturated rings. The molecule has 1 aliphatic heterocycles. The van der Waals surface area contributed by atoms with E-state index in [4.69, 9.17) is 9.26 Å². The van der Waals surface area contributed by atoms with Gasteiger partial charge in [0.15, 0.2) is 0 Å². The van der Waals surface area contributed by atoms with Gasteiger partial charge in [-0.15, -0.1) is 0 Å². The number of piperidine rings is 1. The van der Waals surface area contributed by atoms with Crippen LogP contribution in [0.1, 0.15) is 33.1 Å². The van der Waals surface area contributed by atoms with Crippen LogP contribution in [0.25, 0.3) is 11.4 Å². The molecule has 2 atom stereocenters. The van der Waals surface area contributed by atoms with Gasteiger partial charge in [0.05, 0.1) is 13.0 Å². The van der Waals surface area contributed by atoms with Gasteiger partial charge in [0.25, 0.3) is 0 Å². The first-order valence-corrected chi connectivity index (χ1v) is 9.14. The fraction of sp³-hybridized carbons (Fsp3) is 0.526. The molecule has 1 aliphatic rings. The number of rotatable bonds is 6. The van der Waals surface area contributed by atoms with Crippen LogP contribution in [-0.2, 0) is 4.79 Å². The van der Waals surface area contributed by atoms with Crippen molar-refractivity contribution in [1.82, 2.24) is 15.5 Å². The molecule has 1 saturated heterocycles. The van der Waals surface area contributed by atoms with Crippen molar-refractivity contribution in [1.29, 1.82) is 0 Å². The number of aromatic nitrogens is 2. The van der Waals surface area contributed by atoms with Crippen molar-refractivity contribution in [3.8, 4) is 17.1 Å². The molecule has 2 aromatic rings. The standard InChI is InChI=1S/C19H26N4O3/c1-4-13(2)20-18(24)15-6-5-11-23(12-15)19-21-17(22-26-19)14-7-9-16(25-3)10-8-14/h7-10,13,15H,4-6,11-12H2,1-3H3,(H,20,24)/t13-,15+/m0/s1. The van der Waals surface area contributed by atoms with Crippen LogP contribution in [0.15, 0.2) is 28.8 Å². The van der Waals surface area contributed by atoms with Gasteiger partial charge >= 0.3 is 6.01 Å². The lowest BCUT2D eigenvalue weighted by Gasteiger charge is -2.31. The smallest absolute Gasteiger partial charge is 0.324 e. The zero-order chi connectivity index (χ0) is 18.5. The van der Waals surface area contributed by atoms with E-state index >= 15 is 0 Å². The Morgan fingerprint density at radius 2 is 2.19 bits per heavy atom. The second kappa shape index (κ2) is 8.21. The Bertz CT molecular complexity index is 729. The molecule has 2 heterocycles. The third-order valence-electron chi connectivity index (χ3n) is 4.83. The number of amides is 1. The topological polar surface area (TPSA) is 80.5 Å². The zero-order valence-corrected chi connectivity index (χ0v) is 15.6. The summed E-state index contributed by atoms with van der Waals surface area (Å²) in [6, 6.07) is 8.18. The van der Waals surface area contributed by atoms with Crippen molar-refractivity contribution in [2.45, 2.75) is 39.2 Å². The summed E-state index contributed by atoms with van der Waals surface area (Å²) in [6.45, 7) is 5.51. The molecule has 0 spiro atoms. The predicted molar refractivity (Wildman–Crippen MR) is 99.1 cm³/mol. The highest BCUT2D eigenvalue weighted by Crippen LogP contribution is 2.26. The first-order chi connectivity index (χ1) is 12.6. The molecule has 3 rings (SSSR count). The third kappa shape index (κ3) is 4.15. The Hall–Kier alpha value is -2.57. The quantitative estimate of drug-likeness (QED) is 0.855. The molecule has 1 amide bonds. The van der Waals surface area contributed by atoms with Crippen molar-refractivity contribution in [3.63, 3.8) is 0 Å². The van der Waals surface area contributed by atoms with E-state index in [1.807, 2.05) is 36.1 Å². The molecule has 7 heteroatoms. The van der Waals surface area contributed by atoms with Crippen molar-refractivity contribution >= 4 is 11.9 Å². The number of benzene rings is 1. The second-order valence-electron chi connectivity index (χ2n) is 6.73. The number of hydrogen-bond donors (Lipinski definition) is 1. The summed E-state index contributed by atoms with van der Waals surface area (Å²) in [5.74, 6) is 1.38. The summed E-state index contributed by atoms with van der Waals surface area (Å²) in [4.78, 5) is 18.9.